The Balaban J connectivity index is 2.17. The first-order chi connectivity index (χ1) is 8.74. The van der Waals surface area contributed by atoms with E-state index in [1.807, 2.05) is 0 Å². The summed E-state index contributed by atoms with van der Waals surface area (Å²) in [4.78, 5) is 2.39. The Morgan fingerprint density at radius 3 is 2.94 bits per heavy atom. The first-order valence-corrected chi connectivity index (χ1v) is 7.40. The van der Waals surface area contributed by atoms with Gasteiger partial charge in [0.2, 0.25) is 0 Å². The molecule has 1 aliphatic heterocycles. The van der Waals surface area contributed by atoms with E-state index in [0.29, 0.717) is 6.54 Å². The highest BCUT2D eigenvalue weighted by atomic mass is 79.9. The van der Waals surface area contributed by atoms with E-state index in [0.717, 1.165) is 49.3 Å². The molecule has 2 N–H and O–H groups in total. The molecule has 1 heterocycles. The SMILES string of the molecule is CCCN(CCN)Cc1cc(Br)cc2c1OCC2. The van der Waals surface area contributed by atoms with Crippen LogP contribution in [0.3, 0.4) is 0 Å². The maximum Gasteiger partial charge on any atom is 0.127 e. The van der Waals surface area contributed by atoms with Gasteiger partial charge in [-0.2, -0.15) is 0 Å². The number of hydrogen-bond acceptors (Lipinski definition) is 3. The lowest BCUT2D eigenvalue weighted by Gasteiger charge is -2.22. The first kappa shape index (κ1) is 13.8. The van der Waals surface area contributed by atoms with Crippen LogP contribution in [0.2, 0.25) is 0 Å². The molecule has 1 aliphatic rings. The highest BCUT2D eigenvalue weighted by Crippen LogP contribution is 2.33. The fourth-order valence-corrected chi connectivity index (χ4v) is 3.03. The van der Waals surface area contributed by atoms with Gasteiger partial charge in [-0.3, -0.25) is 4.90 Å². The van der Waals surface area contributed by atoms with Crippen molar-refractivity contribution < 1.29 is 4.74 Å². The van der Waals surface area contributed by atoms with Crippen LogP contribution >= 0.6 is 15.9 Å². The molecule has 1 aromatic rings. The monoisotopic (exact) mass is 312 g/mol. The van der Waals surface area contributed by atoms with Crippen molar-refractivity contribution in [3.63, 3.8) is 0 Å². The zero-order valence-electron chi connectivity index (χ0n) is 10.9. The van der Waals surface area contributed by atoms with Gasteiger partial charge in [0.15, 0.2) is 0 Å². The van der Waals surface area contributed by atoms with Crippen molar-refractivity contribution in [3.05, 3.63) is 27.7 Å². The predicted octanol–water partition coefficient (Wildman–Crippen LogP) is 2.55. The molecule has 0 saturated heterocycles. The molecular weight excluding hydrogens is 292 g/mol. The molecule has 0 atom stereocenters. The molecule has 4 heteroatoms. The Bertz CT molecular complexity index is 403. The molecule has 0 aliphatic carbocycles. The van der Waals surface area contributed by atoms with Crippen molar-refractivity contribution in [3.8, 4) is 5.75 Å². The largest absolute Gasteiger partial charge is 0.493 e. The summed E-state index contributed by atoms with van der Waals surface area (Å²) < 4.78 is 6.91. The van der Waals surface area contributed by atoms with E-state index in [1.165, 1.54) is 11.1 Å². The lowest BCUT2D eigenvalue weighted by Crippen LogP contribution is -2.30. The molecule has 0 fully saturated rings. The van der Waals surface area contributed by atoms with Gasteiger partial charge < -0.3 is 10.5 Å². The molecule has 100 valence electrons. The molecule has 0 aromatic heterocycles. The van der Waals surface area contributed by atoms with E-state index in [2.05, 4.69) is 39.9 Å². The number of nitrogens with zero attached hydrogens (tertiary/aromatic N) is 1. The number of nitrogens with two attached hydrogens (primary N) is 1. The molecule has 0 radical (unpaired) electrons. The van der Waals surface area contributed by atoms with Crippen LogP contribution in [-0.4, -0.2) is 31.1 Å². The van der Waals surface area contributed by atoms with E-state index in [4.69, 9.17) is 10.5 Å². The highest BCUT2D eigenvalue weighted by Gasteiger charge is 2.18. The van der Waals surface area contributed by atoms with Crippen LogP contribution in [-0.2, 0) is 13.0 Å². The Morgan fingerprint density at radius 1 is 1.39 bits per heavy atom. The topological polar surface area (TPSA) is 38.5 Å². The second-order valence-corrected chi connectivity index (χ2v) is 5.63. The highest BCUT2D eigenvalue weighted by molar-refractivity contribution is 9.10. The van der Waals surface area contributed by atoms with Crippen LogP contribution in [0.15, 0.2) is 16.6 Å². The molecule has 0 spiro atoms. The number of fused-ring (bicyclic) bond motifs is 1. The van der Waals surface area contributed by atoms with Gasteiger partial charge in [0.1, 0.15) is 5.75 Å². The lowest BCUT2D eigenvalue weighted by molar-refractivity contribution is 0.266. The summed E-state index contributed by atoms with van der Waals surface area (Å²) in [6.07, 6.45) is 2.17. The third kappa shape index (κ3) is 3.25. The van der Waals surface area contributed by atoms with E-state index >= 15 is 0 Å². The van der Waals surface area contributed by atoms with Gasteiger partial charge in [-0.1, -0.05) is 22.9 Å². The zero-order chi connectivity index (χ0) is 13.0. The van der Waals surface area contributed by atoms with Crippen LogP contribution in [0.25, 0.3) is 0 Å². The minimum atomic E-state index is 0.705. The predicted molar refractivity (Wildman–Crippen MR) is 78.0 cm³/mol. The quantitative estimate of drug-likeness (QED) is 0.877. The third-order valence-electron chi connectivity index (χ3n) is 3.20. The fourth-order valence-electron chi connectivity index (χ4n) is 2.47. The summed E-state index contributed by atoms with van der Waals surface area (Å²) in [5, 5.41) is 0. The Kier molecular flexibility index (Phi) is 5.03. The minimum absolute atomic E-state index is 0.705. The molecule has 2 rings (SSSR count). The molecule has 0 unspecified atom stereocenters. The Labute approximate surface area is 117 Å². The summed E-state index contributed by atoms with van der Waals surface area (Å²) in [6, 6.07) is 4.34. The molecule has 1 aromatic carbocycles. The van der Waals surface area contributed by atoms with Gasteiger partial charge in [-0.05, 0) is 30.7 Å². The summed E-state index contributed by atoms with van der Waals surface area (Å²) in [5.41, 5.74) is 8.27. The van der Waals surface area contributed by atoms with Crippen molar-refractivity contribution >= 4 is 15.9 Å². The normalized spacial score (nSPS) is 13.8. The van der Waals surface area contributed by atoms with Crippen LogP contribution in [0.4, 0.5) is 0 Å². The van der Waals surface area contributed by atoms with Crippen LogP contribution in [0.5, 0.6) is 5.75 Å². The third-order valence-corrected chi connectivity index (χ3v) is 3.66. The zero-order valence-corrected chi connectivity index (χ0v) is 12.5. The van der Waals surface area contributed by atoms with Crippen molar-refractivity contribution in [2.45, 2.75) is 26.3 Å². The van der Waals surface area contributed by atoms with E-state index < -0.39 is 0 Å². The van der Waals surface area contributed by atoms with E-state index in [9.17, 15) is 0 Å². The van der Waals surface area contributed by atoms with Crippen LogP contribution in [0, 0.1) is 0 Å². The number of halogens is 1. The lowest BCUT2D eigenvalue weighted by atomic mass is 10.1. The number of rotatable bonds is 6. The van der Waals surface area contributed by atoms with Crippen molar-refractivity contribution in [2.24, 2.45) is 5.73 Å². The summed E-state index contributed by atoms with van der Waals surface area (Å²) >= 11 is 3.58. The maximum absolute atomic E-state index is 5.76. The van der Waals surface area contributed by atoms with Gasteiger partial charge in [0, 0.05) is 36.1 Å². The summed E-state index contributed by atoms with van der Waals surface area (Å²) in [6.45, 7) is 6.66. The summed E-state index contributed by atoms with van der Waals surface area (Å²) in [7, 11) is 0. The van der Waals surface area contributed by atoms with Gasteiger partial charge in [0.25, 0.3) is 0 Å². The Hall–Kier alpha value is -0.580. The molecular formula is C14H21BrN2O. The number of benzene rings is 1. The van der Waals surface area contributed by atoms with Crippen LogP contribution in [0.1, 0.15) is 24.5 Å². The molecule has 0 amide bonds. The van der Waals surface area contributed by atoms with Gasteiger partial charge >= 0.3 is 0 Å². The minimum Gasteiger partial charge on any atom is -0.493 e. The number of ether oxygens (including phenoxy) is 1. The smallest absolute Gasteiger partial charge is 0.127 e. The van der Waals surface area contributed by atoms with Crippen LogP contribution < -0.4 is 10.5 Å². The van der Waals surface area contributed by atoms with E-state index in [-0.39, 0.29) is 0 Å². The van der Waals surface area contributed by atoms with Crippen molar-refractivity contribution in [1.29, 1.82) is 0 Å². The van der Waals surface area contributed by atoms with Crippen molar-refractivity contribution in [1.82, 2.24) is 4.90 Å². The molecule has 0 saturated carbocycles. The molecule has 18 heavy (non-hydrogen) atoms. The second kappa shape index (κ2) is 6.55. The maximum atomic E-state index is 5.76. The first-order valence-electron chi connectivity index (χ1n) is 6.61. The number of hydrogen-bond donors (Lipinski definition) is 1. The fraction of sp³-hybridized carbons (Fsp3) is 0.571. The van der Waals surface area contributed by atoms with Gasteiger partial charge in [-0.25, -0.2) is 0 Å². The van der Waals surface area contributed by atoms with Crippen molar-refractivity contribution in [2.75, 3.05) is 26.2 Å². The van der Waals surface area contributed by atoms with E-state index in [1.54, 1.807) is 0 Å². The average Bonchev–Trinajstić information content (AvgIpc) is 2.77. The standard InChI is InChI=1S/C14H21BrN2O/c1-2-5-17(6-4-16)10-12-9-13(15)8-11-3-7-18-14(11)12/h8-9H,2-7,10,16H2,1H3. The summed E-state index contributed by atoms with van der Waals surface area (Å²) in [5.74, 6) is 1.09. The Morgan fingerprint density at radius 2 is 2.22 bits per heavy atom. The second-order valence-electron chi connectivity index (χ2n) is 4.72. The van der Waals surface area contributed by atoms with Gasteiger partial charge in [-0.15, -0.1) is 0 Å². The average molecular weight is 313 g/mol. The molecule has 3 nitrogen and oxygen atoms in total. The van der Waals surface area contributed by atoms with Gasteiger partial charge in [0.05, 0.1) is 6.61 Å². The molecule has 0 bridgehead atoms.